The Hall–Kier alpha value is -2.16. The normalized spacial score (nSPS) is 12.5. The molecule has 0 aromatic heterocycles. The first kappa shape index (κ1) is 16.2. The van der Waals surface area contributed by atoms with Crippen LogP contribution in [0.25, 0.3) is 0 Å². The summed E-state index contributed by atoms with van der Waals surface area (Å²) in [4.78, 5) is 0.0227. The van der Waals surface area contributed by atoms with E-state index in [1.54, 1.807) is 12.1 Å². The molecule has 0 saturated carbocycles. The van der Waals surface area contributed by atoms with Crippen molar-refractivity contribution in [3.05, 3.63) is 65.7 Å². The quantitative estimate of drug-likeness (QED) is 0.888. The van der Waals surface area contributed by atoms with Gasteiger partial charge in [-0.05, 0) is 24.1 Å². The summed E-state index contributed by atoms with van der Waals surface area (Å²) in [5.41, 5.74) is 1.07. The number of benzene rings is 2. The van der Waals surface area contributed by atoms with Crippen LogP contribution in [0.1, 0.15) is 36.9 Å². The van der Waals surface area contributed by atoms with Gasteiger partial charge in [0.05, 0.1) is 10.5 Å². The van der Waals surface area contributed by atoms with Gasteiger partial charge >= 0.3 is 0 Å². The Morgan fingerprint density at radius 2 is 1.73 bits per heavy atom. The molecule has 4 nitrogen and oxygen atoms in total. The van der Waals surface area contributed by atoms with Crippen LogP contribution in [0.2, 0.25) is 0 Å². The SMILES string of the molecule is CCC[C@@H](NS(=O)(=O)c1ccccc1C#N)c1ccccc1. The molecule has 0 spiro atoms. The summed E-state index contributed by atoms with van der Waals surface area (Å²) >= 11 is 0. The summed E-state index contributed by atoms with van der Waals surface area (Å²) in [6.07, 6.45) is 1.54. The van der Waals surface area contributed by atoms with Crippen molar-refractivity contribution in [3.63, 3.8) is 0 Å². The molecule has 0 unspecified atom stereocenters. The van der Waals surface area contributed by atoms with Crippen molar-refractivity contribution >= 4 is 10.0 Å². The molecule has 0 bridgehead atoms. The van der Waals surface area contributed by atoms with E-state index in [9.17, 15) is 8.42 Å². The number of hydrogen-bond donors (Lipinski definition) is 1. The lowest BCUT2D eigenvalue weighted by Crippen LogP contribution is -2.29. The van der Waals surface area contributed by atoms with E-state index in [4.69, 9.17) is 5.26 Å². The van der Waals surface area contributed by atoms with Crippen LogP contribution in [0.5, 0.6) is 0 Å². The van der Waals surface area contributed by atoms with Crippen LogP contribution in [0.3, 0.4) is 0 Å². The molecule has 22 heavy (non-hydrogen) atoms. The van der Waals surface area contributed by atoms with Crippen LogP contribution in [-0.4, -0.2) is 8.42 Å². The predicted molar refractivity (Wildman–Crippen MR) is 85.6 cm³/mol. The van der Waals surface area contributed by atoms with Gasteiger partial charge in [0, 0.05) is 6.04 Å². The molecule has 2 aromatic rings. The van der Waals surface area contributed by atoms with Crippen LogP contribution in [0.15, 0.2) is 59.5 Å². The number of nitrogens with one attached hydrogen (secondary N) is 1. The molecule has 1 N–H and O–H groups in total. The monoisotopic (exact) mass is 314 g/mol. The van der Waals surface area contributed by atoms with E-state index in [-0.39, 0.29) is 16.5 Å². The van der Waals surface area contributed by atoms with E-state index >= 15 is 0 Å². The summed E-state index contributed by atoms with van der Waals surface area (Å²) in [5.74, 6) is 0. The van der Waals surface area contributed by atoms with Crippen LogP contribution >= 0.6 is 0 Å². The molecule has 5 heteroatoms. The van der Waals surface area contributed by atoms with Crippen LogP contribution in [0.4, 0.5) is 0 Å². The van der Waals surface area contributed by atoms with Gasteiger partial charge in [-0.25, -0.2) is 13.1 Å². The highest BCUT2D eigenvalue weighted by atomic mass is 32.2. The first-order valence-electron chi connectivity index (χ1n) is 7.15. The molecule has 114 valence electrons. The summed E-state index contributed by atoms with van der Waals surface area (Å²) < 4.78 is 27.9. The largest absolute Gasteiger partial charge is 0.242 e. The van der Waals surface area contributed by atoms with Crippen LogP contribution in [0, 0.1) is 11.3 Å². The number of nitriles is 1. The maximum absolute atomic E-state index is 12.6. The lowest BCUT2D eigenvalue weighted by molar-refractivity contribution is 0.536. The summed E-state index contributed by atoms with van der Waals surface area (Å²) in [5, 5.41) is 9.09. The van der Waals surface area contributed by atoms with Crippen LogP contribution in [-0.2, 0) is 10.0 Å². The maximum atomic E-state index is 12.6. The molecule has 0 aliphatic rings. The third-order valence-electron chi connectivity index (χ3n) is 3.37. The lowest BCUT2D eigenvalue weighted by atomic mass is 10.0. The molecule has 0 amide bonds. The van der Waals surface area contributed by atoms with Crippen molar-refractivity contribution < 1.29 is 8.42 Å². The van der Waals surface area contributed by atoms with Gasteiger partial charge in [-0.15, -0.1) is 0 Å². The average Bonchev–Trinajstić information content (AvgIpc) is 2.55. The van der Waals surface area contributed by atoms with Gasteiger partial charge in [0.25, 0.3) is 0 Å². The molecule has 0 saturated heterocycles. The Kier molecular flexibility index (Phi) is 5.31. The van der Waals surface area contributed by atoms with Crippen molar-refractivity contribution in [1.82, 2.24) is 4.72 Å². The minimum Gasteiger partial charge on any atom is -0.207 e. The number of hydrogen-bond acceptors (Lipinski definition) is 3. The second kappa shape index (κ2) is 7.21. The highest BCUT2D eigenvalue weighted by Gasteiger charge is 2.23. The zero-order chi connectivity index (χ0) is 16.0. The van der Waals surface area contributed by atoms with E-state index in [2.05, 4.69) is 4.72 Å². The number of rotatable bonds is 6. The molecule has 2 rings (SSSR count). The highest BCUT2D eigenvalue weighted by molar-refractivity contribution is 7.89. The Labute approximate surface area is 131 Å². The Balaban J connectivity index is 2.35. The van der Waals surface area contributed by atoms with E-state index in [0.717, 1.165) is 12.0 Å². The Bertz CT molecular complexity index is 765. The van der Waals surface area contributed by atoms with Gasteiger partial charge in [0.1, 0.15) is 6.07 Å². The highest BCUT2D eigenvalue weighted by Crippen LogP contribution is 2.22. The molecule has 0 aliphatic carbocycles. The van der Waals surface area contributed by atoms with Crippen molar-refractivity contribution in [1.29, 1.82) is 5.26 Å². The molecule has 2 aromatic carbocycles. The number of nitrogens with zero attached hydrogens (tertiary/aromatic N) is 1. The van der Waals surface area contributed by atoms with Gasteiger partial charge in [0.2, 0.25) is 10.0 Å². The summed E-state index contributed by atoms with van der Waals surface area (Å²) in [6, 6.07) is 17.3. The van der Waals surface area contributed by atoms with Crippen molar-refractivity contribution in [2.45, 2.75) is 30.7 Å². The van der Waals surface area contributed by atoms with E-state index < -0.39 is 10.0 Å². The minimum absolute atomic E-state index is 0.0227. The fourth-order valence-corrected chi connectivity index (χ4v) is 3.73. The topological polar surface area (TPSA) is 70.0 Å². The summed E-state index contributed by atoms with van der Waals surface area (Å²) in [7, 11) is -3.75. The van der Waals surface area contributed by atoms with Crippen molar-refractivity contribution in [2.24, 2.45) is 0 Å². The standard InChI is InChI=1S/C17H18N2O2S/c1-2-8-16(14-9-4-3-5-10-14)19-22(20,21)17-12-7-6-11-15(17)13-18/h3-7,9-12,16,19H,2,8H2,1H3/t16-/m1/s1. The van der Waals surface area contributed by atoms with Gasteiger partial charge in [-0.3, -0.25) is 0 Å². The predicted octanol–water partition coefficient (Wildman–Crippen LogP) is 3.38. The second-order valence-corrected chi connectivity index (χ2v) is 6.66. The first-order chi connectivity index (χ1) is 10.6. The fraction of sp³-hybridized carbons (Fsp3) is 0.235. The number of sulfonamides is 1. The van der Waals surface area contributed by atoms with Gasteiger partial charge in [0.15, 0.2) is 0 Å². The summed E-state index contributed by atoms with van der Waals surface area (Å²) in [6.45, 7) is 2.01. The third-order valence-corrected chi connectivity index (χ3v) is 4.90. The molecule has 1 atom stereocenters. The van der Waals surface area contributed by atoms with Crippen molar-refractivity contribution in [3.8, 4) is 6.07 Å². The molecular formula is C17H18N2O2S. The van der Waals surface area contributed by atoms with Gasteiger partial charge < -0.3 is 0 Å². The van der Waals surface area contributed by atoms with Crippen LogP contribution < -0.4 is 4.72 Å². The van der Waals surface area contributed by atoms with Gasteiger partial charge in [-0.2, -0.15) is 5.26 Å². The maximum Gasteiger partial charge on any atom is 0.242 e. The van der Waals surface area contributed by atoms with E-state index in [1.165, 1.54) is 12.1 Å². The minimum atomic E-state index is -3.75. The molecule has 0 fully saturated rings. The zero-order valence-corrected chi connectivity index (χ0v) is 13.2. The first-order valence-corrected chi connectivity index (χ1v) is 8.63. The molecule has 0 heterocycles. The molecular weight excluding hydrogens is 296 g/mol. The zero-order valence-electron chi connectivity index (χ0n) is 12.4. The van der Waals surface area contributed by atoms with Gasteiger partial charge in [-0.1, -0.05) is 55.8 Å². The average molecular weight is 314 g/mol. The van der Waals surface area contributed by atoms with Crippen molar-refractivity contribution in [2.75, 3.05) is 0 Å². The molecule has 0 aliphatic heterocycles. The molecule has 0 radical (unpaired) electrons. The smallest absolute Gasteiger partial charge is 0.207 e. The lowest BCUT2D eigenvalue weighted by Gasteiger charge is -2.19. The van der Waals surface area contributed by atoms with E-state index in [1.807, 2.05) is 43.3 Å². The third kappa shape index (κ3) is 3.73. The Morgan fingerprint density at radius 3 is 2.36 bits per heavy atom. The second-order valence-electron chi connectivity index (χ2n) is 4.98. The Morgan fingerprint density at radius 1 is 1.09 bits per heavy atom. The van der Waals surface area contributed by atoms with E-state index in [0.29, 0.717) is 6.42 Å². The fourth-order valence-electron chi connectivity index (χ4n) is 2.31.